The summed E-state index contributed by atoms with van der Waals surface area (Å²) < 4.78 is 0. The van der Waals surface area contributed by atoms with Crippen LogP contribution in [0.15, 0.2) is 0 Å². The Bertz CT molecular complexity index is 293. The predicted molar refractivity (Wildman–Crippen MR) is 92.1 cm³/mol. The van der Waals surface area contributed by atoms with Crippen molar-refractivity contribution in [3.63, 3.8) is 0 Å². The van der Waals surface area contributed by atoms with Crippen LogP contribution in [-0.2, 0) is 0 Å². The second-order valence-electron chi connectivity index (χ2n) is 8.28. The van der Waals surface area contributed by atoms with E-state index in [2.05, 4.69) is 67.6 Å². The van der Waals surface area contributed by atoms with Gasteiger partial charge in [0.2, 0.25) is 0 Å². The molecule has 1 saturated carbocycles. The first kappa shape index (κ1) is 19.9. The van der Waals surface area contributed by atoms with E-state index in [9.17, 15) is 5.11 Å². The van der Waals surface area contributed by atoms with Crippen molar-refractivity contribution in [1.82, 2.24) is 5.32 Å². The molecule has 0 aliphatic heterocycles. The Hall–Kier alpha value is -0.0800. The topological polar surface area (TPSA) is 32.3 Å². The van der Waals surface area contributed by atoms with Crippen LogP contribution in [0.2, 0.25) is 0 Å². The molecule has 0 heterocycles. The molecule has 0 aromatic heterocycles. The van der Waals surface area contributed by atoms with E-state index in [1.807, 2.05) is 13.8 Å². The van der Waals surface area contributed by atoms with Gasteiger partial charge in [0, 0.05) is 7.47 Å². The molecule has 0 bridgehead atoms. The quantitative estimate of drug-likeness (QED) is 0.770. The van der Waals surface area contributed by atoms with Crippen molar-refractivity contribution in [1.29, 1.82) is 0 Å². The summed E-state index contributed by atoms with van der Waals surface area (Å²) in [6.07, 6.45) is -0.301. The van der Waals surface area contributed by atoms with Crippen LogP contribution < -0.4 is 5.32 Å². The first-order chi connectivity index (χ1) is 8.85. The summed E-state index contributed by atoms with van der Waals surface area (Å²) in [6, 6.07) is 0.392. The smallest absolute Gasteiger partial charge is 0.0653 e. The van der Waals surface area contributed by atoms with Crippen LogP contribution in [0.25, 0.3) is 0 Å². The molecule has 0 saturated heterocycles. The lowest BCUT2D eigenvalue weighted by atomic mass is 9.41. The summed E-state index contributed by atoms with van der Waals surface area (Å²) in [4.78, 5) is 0. The average molecular weight is 288 g/mol. The van der Waals surface area contributed by atoms with Gasteiger partial charge in [-0.15, -0.1) is 0 Å². The van der Waals surface area contributed by atoms with Crippen molar-refractivity contribution < 1.29 is 6.53 Å². The van der Waals surface area contributed by atoms with E-state index in [1.165, 1.54) is 0 Å². The summed E-state index contributed by atoms with van der Waals surface area (Å²) in [5.41, 5.74) is -0.138. The molecule has 1 fully saturated rings. The number of rotatable bonds is 2. The number of hydrogen-bond acceptors (Lipinski definition) is 2. The Kier molecular flexibility index (Phi) is 5.94. The van der Waals surface area contributed by atoms with Gasteiger partial charge >= 0.3 is 0 Å². The fraction of sp³-hybridized carbons (Fsp3) is 1.00. The summed E-state index contributed by atoms with van der Waals surface area (Å²) in [5, 5.41) is 14.6. The molecule has 0 amide bonds. The van der Waals surface area contributed by atoms with Gasteiger partial charge in [-0.2, -0.15) is 0 Å². The second-order valence-corrected chi connectivity index (χ2v) is 8.28. The van der Waals surface area contributed by atoms with Gasteiger partial charge in [0.15, 0.2) is 0 Å². The third-order valence-corrected chi connectivity index (χ3v) is 6.54. The Morgan fingerprint density at radius 2 is 1.10 bits per heavy atom. The van der Waals surface area contributed by atoms with Gasteiger partial charge in [-0.3, -0.25) is 0 Å². The van der Waals surface area contributed by atoms with Crippen molar-refractivity contribution in [3.05, 3.63) is 0 Å². The van der Waals surface area contributed by atoms with Gasteiger partial charge in [0.25, 0.3) is 0 Å². The standard InChI is InChI=1S/C16H33NO.C2H6.H2/c1-10-17-11-13(2,3)15(6,7)12(18)16(8,9)14(11,4)5;1-2;/h11-12,17-18H,10H2,1-9H3;1-2H3;1H. The molecule has 0 aromatic carbocycles. The number of hydrogen-bond donors (Lipinski definition) is 2. The van der Waals surface area contributed by atoms with Crippen LogP contribution >= 0.6 is 0 Å². The molecule has 0 radical (unpaired) electrons. The van der Waals surface area contributed by atoms with Gasteiger partial charge in [-0.1, -0.05) is 76.2 Å². The summed E-state index contributed by atoms with van der Waals surface area (Å²) in [6.45, 7) is 25.1. The third-order valence-electron chi connectivity index (χ3n) is 6.54. The maximum Gasteiger partial charge on any atom is 0.0653 e. The van der Waals surface area contributed by atoms with Crippen molar-refractivity contribution in [2.24, 2.45) is 21.7 Å². The Morgan fingerprint density at radius 1 is 0.800 bits per heavy atom. The fourth-order valence-electron chi connectivity index (χ4n) is 3.97. The Morgan fingerprint density at radius 3 is 1.35 bits per heavy atom. The van der Waals surface area contributed by atoms with E-state index in [0.717, 1.165) is 6.54 Å². The maximum absolute atomic E-state index is 10.9. The molecule has 124 valence electrons. The summed E-state index contributed by atoms with van der Waals surface area (Å²) >= 11 is 0. The molecule has 1 rings (SSSR count). The zero-order valence-electron chi connectivity index (χ0n) is 15.8. The lowest BCUT2D eigenvalue weighted by Gasteiger charge is -2.67. The zero-order chi connectivity index (χ0) is 16.6. The van der Waals surface area contributed by atoms with E-state index in [0.29, 0.717) is 6.04 Å². The number of aliphatic hydroxyl groups excluding tert-OH is 1. The fourth-order valence-corrected chi connectivity index (χ4v) is 3.97. The molecule has 2 nitrogen and oxygen atoms in total. The lowest BCUT2D eigenvalue weighted by Crippen LogP contribution is -2.71. The molecule has 1 aliphatic carbocycles. The Balaban J connectivity index is 0. The van der Waals surface area contributed by atoms with Crippen LogP contribution in [0.3, 0.4) is 0 Å². The predicted octanol–water partition coefficient (Wildman–Crippen LogP) is 4.72. The number of nitrogens with one attached hydrogen (secondary N) is 1. The highest BCUT2D eigenvalue weighted by atomic mass is 16.3. The number of aliphatic hydroxyl groups is 1. The molecule has 0 atom stereocenters. The minimum atomic E-state index is -0.301. The molecule has 0 spiro atoms. The maximum atomic E-state index is 10.9. The molecule has 1 aliphatic rings. The minimum Gasteiger partial charge on any atom is -0.392 e. The van der Waals surface area contributed by atoms with Gasteiger partial charge in [0.1, 0.15) is 0 Å². The largest absolute Gasteiger partial charge is 0.392 e. The average Bonchev–Trinajstić information content (AvgIpc) is 2.35. The summed E-state index contributed by atoms with van der Waals surface area (Å²) in [7, 11) is 0. The van der Waals surface area contributed by atoms with Crippen LogP contribution in [-0.4, -0.2) is 23.8 Å². The van der Waals surface area contributed by atoms with Crippen molar-refractivity contribution in [3.8, 4) is 0 Å². The highest BCUT2D eigenvalue weighted by molar-refractivity contribution is 5.16. The first-order valence-electron chi connectivity index (χ1n) is 8.26. The molecule has 0 aromatic rings. The van der Waals surface area contributed by atoms with E-state index in [1.54, 1.807) is 0 Å². The van der Waals surface area contributed by atoms with Crippen LogP contribution in [0, 0.1) is 21.7 Å². The van der Waals surface area contributed by atoms with E-state index in [-0.39, 0.29) is 29.2 Å². The minimum absolute atomic E-state index is 0. The monoisotopic (exact) mass is 287 g/mol. The highest BCUT2D eigenvalue weighted by Crippen LogP contribution is 2.63. The van der Waals surface area contributed by atoms with Crippen molar-refractivity contribution >= 4 is 0 Å². The van der Waals surface area contributed by atoms with Gasteiger partial charge in [0.05, 0.1) is 6.10 Å². The SMILES string of the molecule is CC.CCNC1C(C)(C)C(C)(C)C(O)C(C)(C)C1(C)C.[HH]. The van der Waals surface area contributed by atoms with Gasteiger partial charge in [-0.05, 0) is 28.2 Å². The van der Waals surface area contributed by atoms with Crippen LogP contribution in [0.5, 0.6) is 0 Å². The van der Waals surface area contributed by atoms with E-state index >= 15 is 0 Å². The van der Waals surface area contributed by atoms with E-state index < -0.39 is 0 Å². The molecule has 2 N–H and O–H groups in total. The second kappa shape index (κ2) is 5.96. The molecular weight excluding hydrogens is 246 g/mol. The van der Waals surface area contributed by atoms with Crippen LogP contribution in [0.4, 0.5) is 0 Å². The van der Waals surface area contributed by atoms with Crippen LogP contribution in [0.1, 0.15) is 77.6 Å². The van der Waals surface area contributed by atoms with Crippen molar-refractivity contribution in [2.75, 3.05) is 6.54 Å². The molecule has 0 unspecified atom stereocenters. The summed E-state index contributed by atoms with van der Waals surface area (Å²) in [5.74, 6) is 0. The molecule has 2 heteroatoms. The van der Waals surface area contributed by atoms with E-state index in [4.69, 9.17) is 0 Å². The Labute approximate surface area is 129 Å². The van der Waals surface area contributed by atoms with Gasteiger partial charge < -0.3 is 10.4 Å². The normalized spacial score (nSPS) is 33.0. The highest BCUT2D eigenvalue weighted by Gasteiger charge is 2.64. The molecular formula is C18H41NO. The zero-order valence-corrected chi connectivity index (χ0v) is 15.8. The first-order valence-corrected chi connectivity index (χ1v) is 8.26. The lowest BCUT2D eigenvalue weighted by molar-refractivity contribution is -0.216. The molecule has 20 heavy (non-hydrogen) atoms. The van der Waals surface area contributed by atoms with Crippen molar-refractivity contribution in [2.45, 2.75) is 88.3 Å². The third kappa shape index (κ3) is 2.54. The van der Waals surface area contributed by atoms with Gasteiger partial charge in [-0.25, -0.2) is 0 Å².